The van der Waals surface area contributed by atoms with Crippen molar-refractivity contribution in [1.29, 1.82) is 0 Å². The molecular formula is C16H18N2O3. The highest BCUT2D eigenvalue weighted by Gasteiger charge is 2.39. The van der Waals surface area contributed by atoms with Crippen molar-refractivity contribution in [2.75, 3.05) is 13.7 Å². The van der Waals surface area contributed by atoms with E-state index in [1.807, 2.05) is 24.3 Å². The zero-order chi connectivity index (χ0) is 14.6. The summed E-state index contributed by atoms with van der Waals surface area (Å²) in [5.41, 5.74) is 2.97. The minimum atomic E-state index is -0.350. The Morgan fingerprint density at radius 2 is 2.19 bits per heavy atom. The molecule has 2 aliphatic rings. The SMILES string of the molecule is COC(=O)n1c2c(c3ccccc31)[C@H]1C[C@H](CCN1O)C2. The number of hydroxylamine groups is 2. The van der Waals surface area contributed by atoms with Crippen molar-refractivity contribution in [3.8, 4) is 0 Å². The van der Waals surface area contributed by atoms with Crippen molar-refractivity contribution in [3.63, 3.8) is 0 Å². The Labute approximate surface area is 122 Å². The third-order valence-electron chi connectivity index (χ3n) is 4.87. The molecule has 1 aromatic heterocycles. The summed E-state index contributed by atoms with van der Waals surface area (Å²) in [7, 11) is 1.41. The highest BCUT2D eigenvalue weighted by atomic mass is 16.5. The average molecular weight is 286 g/mol. The lowest BCUT2D eigenvalue weighted by molar-refractivity contribution is -0.155. The molecule has 1 aromatic carbocycles. The molecule has 1 aliphatic heterocycles. The number of aromatic nitrogens is 1. The van der Waals surface area contributed by atoms with Crippen LogP contribution in [-0.2, 0) is 11.2 Å². The predicted octanol–water partition coefficient (Wildman–Crippen LogP) is 2.95. The molecule has 21 heavy (non-hydrogen) atoms. The van der Waals surface area contributed by atoms with Crippen molar-refractivity contribution in [3.05, 3.63) is 35.5 Å². The molecule has 5 heteroatoms. The summed E-state index contributed by atoms with van der Waals surface area (Å²) in [6.07, 6.45) is 2.45. The van der Waals surface area contributed by atoms with Crippen molar-refractivity contribution >= 4 is 17.0 Å². The van der Waals surface area contributed by atoms with Gasteiger partial charge in [0, 0.05) is 23.2 Å². The molecule has 2 heterocycles. The number of carbonyl (C=O) groups is 1. The normalized spacial score (nSPS) is 24.9. The van der Waals surface area contributed by atoms with Gasteiger partial charge in [-0.05, 0) is 31.2 Å². The number of hydrogen-bond donors (Lipinski definition) is 1. The number of ether oxygens (including phenoxy) is 1. The van der Waals surface area contributed by atoms with Crippen LogP contribution in [0.4, 0.5) is 4.79 Å². The van der Waals surface area contributed by atoms with E-state index in [1.165, 1.54) is 12.2 Å². The van der Waals surface area contributed by atoms with E-state index >= 15 is 0 Å². The molecule has 2 aromatic rings. The Bertz CT molecular complexity index is 722. The second kappa shape index (κ2) is 4.58. The molecule has 1 aliphatic carbocycles. The van der Waals surface area contributed by atoms with Crippen LogP contribution in [0, 0.1) is 5.92 Å². The van der Waals surface area contributed by atoms with Crippen LogP contribution in [0.25, 0.3) is 10.9 Å². The third-order valence-corrected chi connectivity index (χ3v) is 4.87. The summed E-state index contributed by atoms with van der Waals surface area (Å²) in [4.78, 5) is 12.2. The molecule has 4 rings (SSSR count). The summed E-state index contributed by atoms with van der Waals surface area (Å²) in [6, 6.07) is 7.85. The van der Waals surface area contributed by atoms with Gasteiger partial charge in [0.25, 0.3) is 0 Å². The number of nitrogens with zero attached hydrogens (tertiary/aromatic N) is 2. The van der Waals surface area contributed by atoms with E-state index in [0.29, 0.717) is 12.5 Å². The smallest absolute Gasteiger partial charge is 0.418 e. The van der Waals surface area contributed by atoms with Crippen LogP contribution >= 0.6 is 0 Å². The predicted molar refractivity (Wildman–Crippen MR) is 77.4 cm³/mol. The van der Waals surface area contributed by atoms with Crippen LogP contribution in [0.5, 0.6) is 0 Å². The first kappa shape index (κ1) is 12.9. The molecule has 2 atom stereocenters. The van der Waals surface area contributed by atoms with Gasteiger partial charge in [0.1, 0.15) is 0 Å². The minimum absolute atomic E-state index is 0.0108. The highest BCUT2D eigenvalue weighted by Crippen LogP contribution is 2.45. The van der Waals surface area contributed by atoms with Crippen LogP contribution in [0.1, 0.15) is 30.1 Å². The van der Waals surface area contributed by atoms with Gasteiger partial charge in [-0.15, -0.1) is 0 Å². The van der Waals surface area contributed by atoms with Crippen molar-refractivity contribution in [2.24, 2.45) is 5.92 Å². The number of benzene rings is 1. The number of piperidine rings is 1. The van der Waals surface area contributed by atoms with Gasteiger partial charge < -0.3 is 9.94 Å². The number of fused-ring (bicyclic) bond motifs is 6. The Morgan fingerprint density at radius 3 is 3.00 bits per heavy atom. The summed E-state index contributed by atoms with van der Waals surface area (Å²) in [6.45, 7) is 0.701. The van der Waals surface area contributed by atoms with Gasteiger partial charge in [0.15, 0.2) is 0 Å². The molecule has 2 bridgehead atoms. The van der Waals surface area contributed by atoms with Gasteiger partial charge in [-0.2, -0.15) is 5.06 Å². The maximum atomic E-state index is 12.2. The summed E-state index contributed by atoms with van der Waals surface area (Å²) >= 11 is 0. The Hall–Kier alpha value is -1.85. The fraction of sp³-hybridized carbons (Fsp3) is 0.438. The fourth-order valence-corrected chi connectivity index (χ4v) is 3.94. The van der Waals surface area contributed by atoms with Crippen molar-refractivity contribution < 1.29 is 14.7 Å². The molecule has 1 N–H and O–H groups in total. The molecule has 1 fully saturated rings. The van der Waals surface area contributed by atoms with Crippen LogP contribution < -0.4 is 0 Å². The van der Waals surface area contributed by atoms with E-state index in [0.717, 1.165) is 41.4 Å². The van der Waals surface area contributed by atoms with Gasteiger partial charge in [-0.3, -0.25) is 0 Å². The largest absolute Gasteiger partial charge is 0.452 e. The van der Waals surface area contributed by atoms with E-state index in [2.05, 4.69) is 0 Å². The second-order valence-electron chi connectivity index (χ2n) is 5.96. The van der Waals surface area contributed by atoms with Gasteiger partial charge in [-0.25, -0.2) is 9.36 Å². The Morgan fingerprint density at radius 1 is 1.38 bits per heavy atom. The Kier molecular flexibility index (Phi) is 2.80. The van der Waals surface area contributed by atoms with E-state index in [-0.39, 0.29) is 12.1 Å². The number of hydrogen-bond acceptors (Lipinski definition) is 4. The van der Waals surface area contributed by atoms with Crippen LogP contribution in [0.15, 0.2) is 24.3 Å². The van der Waals surface area contributed by atoms with E-state index in [9.17, 15) is 10.0 Å². The average Bonchev–Trinajstić information content (AvgIpc) is 2.84. The monoisotopic (exact) mass is 286 g/mol. The van der Waals surface area contributed by atoms with Crippen LogP contribution in [-0.4, -0.2) is 34.6 Å². The van der Waals surface area contributed by atoms with Crippen LogP contribution in [0.2, 0.25) is 0 Å². The third kappa shape index (κ3) is 1.74. The number of carbonyl (C=O) groups excluding carboxylic acids is 1. The first-order valence-corrected chi connectivity index (χ1v) is 7.36. The Balaban J connectivity index is 2.03. The first-order valence-electron chi connectivity index (χ1n) is 7.36. The van der Waals surface area contributed by atoms with Gasteiger partial charge in [-0.1, -0.05) is 18.2 Å². The quantitative estimate of drug-likeness (QED) is 0.809. The number of para-hydroxylation sites is 1. The zero-order valence-electron chi connectivity index (χ0n) is 12.0. The first-order chi connectivity index (χ1) is 10.2. The molecule has 0 radical (unpaired) electrons. The van der Waals surface area contributed by atoms with Crippen molar-refractivity contribution in [2.45, 2.75) is 25.3 Å². The summed E-state index contributed by atoms with van der Waals surface area (Å²) in [5.74, 6) is 0.526. The lowest BCUT2D eigenvalue weighted by Crippen LogP contribution is -2.39. The number of rotatable bonds is 0. The molecule has 0 amide bonds. The minimum Gasteiger partial charge on any atom is -0.452 e. The maximum absolute atomic E-state index is 12.2. The van der Waals surface area contributed by atoms with Gasteiger partial charge in [0.05, 0.1) is 18.7 Å². The molecule has 1 saturated heterocycles. The van der Waals surface area contributed by atoms with E-state index in [1.54, 1.807) is 4.57 Å². The lowest BCUT2D eigenvalue weighted by atomic mass is 9.78. The van der Waals surface area contributed by atoms with Crippen LogP contribution in [0.3, 0.4) is 0 Å². The number of methoxy groups -OCH3 is 1. The molecule has 110 valence electrons. The second-order valence-corrected chi connectivity index (χ2v) is 5.96. The lowest BCUT2D eigenvalue weighted by Gasteiger charge is -2.40. The molecule has 0 unspecified atom stereocenters. The van der Waals surface area contributed by atoms with Crippen molar-refractivity contribution in [1.82, 2.24) is 9.63 Å². The zero-order valence-corrected chi connectivity index (χ0v) is 12.0. The van der Waals surface area contributed by atoms with Gasteiger partial charge in [0.2, 0.25) is 0 Å². The fourth-order valence-electron chi connectivity index (χ4n) is 3.94. The van der Waals surface area contributed by atoms with E-state index in [4.69, 9.17) is 4.74 Å². The topological polar surface area (TPSA) is 54.7 Å². The van der Waals surface area contributed by atoms with Gasteiger partial charge >= 0.3 is 6.09 Å². The summed E-state index contributed by atoms with van der Waals surface area (Å²) in [5, 5.41) is 12.7. The molecule has 5 nitrogen and oxygen atoms in total. The highest BCUT2D eigenvalue weighted by molar-refractivity contribution is 5.94. The standard InChI is InChI=1S/C16H18N2O3/c1-21-16(19)18-12-5-3-2-4-11(12)15-13-8-10(9-14(15)18)6-7-17(13)20/h2-5,10,13,20H,6-9H2,1H3/t10-,13+/m0/s1. The van der Waals surface area contributed by atoms with E-state index < -0.39 is 0 Å². The molecular weight excluding hydrogens is 268 g/mol. The maximum Gasteiger partial charge on any atom is 0.418 e. The summed E-state index contributed by atoms with van der Waals surface area (Å²) < 4.78 is 6.65. The molecule has 0 saturated carbocycles. The molecule has 0 spiro atoms.